The zero-order valence-electron chi connectivity index (χ0n) is 22.9. The molecule has 1 saturated heterocycles. The van der Waals surface area contributed by atoms with Gasteiger partial charge >= 0.3 is 0 Å². The van der Waals surface area contributed by atoms with Crippen LogP contribution in [0.5, 0.6) is 11.5 Å². The molecule has 1 fully saturated rings. The SMILES string of the molecule is COc1cc2c(cc1-c1cnn(CCO)c1)-c1c(c(C(=O)N3CCOCC3(C)C)nn1-c1cc(F)cc(Cl)c1)CO2. The Balaban J connectivity index is 1.56. The topological polar surface area (TPSA) is 104 Å². The number of aromatic nitrogens is 4. The minimum Gasteiger partial charge on any atom is -0.496 e. The molecule has 4 heterocycles. The zero-order valence-corrected chi connectivity index (χ0v) is 23.6. The zero-order chi connectivity index (χ0) is 28.9. The lowest BCUT2D eigenvalue weighted by Crippen LogP contribution is -2.55. The van der Waals surface area contributed by atoms with Crippen LogP contribution in [0.2, 0.25) is 5.02 Å². The number of morpholine rings is 1. The summed E-state index contributed by atoms with van der Waals surface area (Å²) in [4.78, 5) is 15.8. The fourth-order valence-electron chi connectivity index (χ4n) is 5.38. The number of fused-ring (bicyclic) bond motifs is 3. The number of carbonyl (C=O) groups excluding carboxylic acids is 1. The van der Waals surface area contributed by atoms with E-state index in [0.29, 0.717) is 60.3 Å². The number of aliphatic hydroxyl groups is 1. The first-order valence-corrected chi connectivity index (χ1v) is 13.5. The molecule has 6 rings (SSSR count). The van der Waals surface area contributed by atoms with Gasteiger partial charge in [0.1, 0.15) is 23.9 Å². The van der Waals surface area contributed by atoms with Gasteiger partial charge in [-0.3, -0.25) is 9.48 Å². The average molecular weight is 582 g/mol. The lowest BCUT2D eigenvalue weighted by molar-refractivity contribution is -0.0374. The van der Waals surface area contributed by atoms with Crippen LogP contribution in [0.15, 0.2) is 42.7 Å². The van der Waals surface area contributed by atoms with E-state index in [1.807, 2.05) is 26.1 Å². The van der Waals surface area contributed by atoms with Gasteiger partial charge in [-0.15, -0.1) is 0 Å². The van der Waals surface area contributed by atoms with Crippen molar-refractivity contribution in [1.29, 1.82) is 0 Å². The van der Waals surface area contributed by atoms with Crippen LogP contribution < -0.4 is 9.47 Å². The molecule has 0 saturated carbocycles. The average Bonchev–Trinajstić information content (AvgIpc) is 3.56. The second-order valence-electron chi connectivity index (χ2n) is 10.6. The third kappa shape index (κ3) is 4.83. The minimum absolute atomic E-state index is 0.0498. The van der Waals surface area contributed by atoms with Gasteiger partial charge < -0.3 is 24.2 Å². The van der Waals surface area contributed by atoms with E-state index in [1.165, 1.54) is 12.1 Å². The number of methoxy groups -OCH3 is 1. The summed E-state index contributed by atoms with van der Waals surface area (Å²) in [7, 11) is 1.57. The number of halogens is 2. The van der Waals surface area contributed by atoms with Gasteiger partial charge in [0.25, 0.3) is 5.91 Å². The molecule has 4 aromatic rings. The Bertz CT molecular complexity index is 1630. The molecular weight excluding hydrogens is 553 g/mol. The van der Waals surface area contributed by atoms with Crippen molar-refractivity contribution in [3.63, 3.8) is 0 Å². The number of carbonyl (C=O) groups is 1. The van der Waals surface area contributed by atoms with Crippen LogP contribution in [-0.4, -0.2) is 74.5 Å². The van der Waals surface area contributed by atoms with Crippen molar-refractivity contribution in [2.75, 3.05) is 33.5 Å². The summed E-state index contributed by atoms with van der Waals surface area (Å²) in [6.07, 6.45) is 3.49. The summed E-state index contributed by atoms with van der Waals surface area (Å²) in [5.74, 6) is 0.289. The number of rotatable bonds is 6. The van der Waals surface area contributed by atoms with E-state index >= 15 is 0 Å². The summed E-state index contributed by atoms with van der Waals surface area (Å²) in [5, 5.41) is 18.6. The molecule has 2 aliphatic heterocycles. The van der Waals surface area contributed by atoms with Crippen LogP contribution in [0.1, 0.15) is 29.9 Å². The van der Waals surface area contributed by atoms with Crippen LogP contribution >= 0.6 is 11.6 Å². The van der Waals surface area contributed by atoms with Gasteiger partial charge in [0.15, 0.2) is 5.69 Å². The molecule has 0 spiro atoms. The smallest absolute Gasteiger partial charge is 0.275 e. The minimum atomic E-state index is -0.545. The normalized spacial score (nSPS) is 15.7. The molecule has 0 bridgehead atoms. The highest BCUT2D eigenvalue weighted by atomic mass is 35.5. The first kappa shape index (κ1) is 27.3. The number of hydrogen-bond acceptors (Lipinski definition) is 7. The van der Waals surface area contributed by atoms with Gasteiger partial charge in [-0.2, -0.15) is 10.2 Å². The lowest BCUT2D eigenvalue weighted by Gasteiger charge is -2.41. The molecule has 0 atom stereocenters. The molecule has 2 aromatic heterocycles. The second kappa shape index (κ2) is 10.5. The Labute approximate surface area is 240 Å². The van der Waals surface area contributed by atoms with Gasteiger partial charge in [-0.1, -0.05) is 11.6 Å². The summed E-state index contributed by atoms with van der Waals surface area (Å²) in [5.41, 5.74) is 3.34. The molecule has 41 heavy (non-hydrogen) atoms. The van der Waals surface area contributed by atoms with Crippen molar-refractivity contribution in [3.05, 3.63) is 64.8 Å². The molecule has 12 heteroatoms. The van der Waals surface area contributed by atoms with Crippen LogP contribution in [-0.2, 0) is 17.9 Å². The fourth-order valence-corrected chi connectivity index (χ4v) is 5.60. The Morgan fingerprint density at radius 3 is 2.78 bits per heavy atom. The highest BCUT2D eigenvalue weighted by molar-refractivity contribution is 6.30. The largest absolute Gasteiger partial charge is 0.496 e. The van der Waals surface area contributed by atoms with Gasteiger partial charge in [0, 0.05) is 46.1 Å². The number of aliphatic hydroxyl groups excluding tert-OH is 1. The predicted octanol–water partition coefficient (Wildman–Crippen LogP) is 4.34. The Hall–Kier alpha value is -3.93. The summed E-state index contributed by atoms with van der Waals surface area (Å²) in [6.45, 7) is 5.49. The number of amides is 1. The highest BCUT2D eigenvalue weighted by Crippen LogP contribution is 2.46. The van der Waals surface area contributed by atoms with Gasteiger partial charge in [0.2, 0.25) is 0 Å². The van der Waals surface area contributed by atoms with E-state index in [1.54, 1.807) is 39.7 Å². The van der Waals surface area contributed by atoms with Crippen LogP contribution in [0.25, 0.3) is 28.1 Å². The van der Waals surface area contributed by atoms with Crippen molar-refractivity contribution in [2.24, 2.45) is 0 Å². The van der Waals surface area contributed by atoms with E-state index in [-0.39, 0.29) is 29.8 Å². The number of hydrogen-bond donors (Lipinski definition) is 1. The standard InChI is InChI=1S/C29H29ClFN5O5/c1-29(2)16-40-7-5-35(29)28(38)26-23-15-41-25-12-24(39-3)21(17-13-32-34(14-17)4-6-37)11-22(25)27(23)36(33-26)20-9-18(30)8-19(31)10-20/h8-14,37H,4-7,15-16H2,1-3H3. The monoisotopic (exact) mass is 581 g/mol. The van der Waals surface area contributed by atoms with Crippen LogP contribution in [0.4, 0.5) is 4.39 Å². The molecule has 0 aliphatic carbocycles. The van der Waals surface area contributed by atoms with E-state index in [4.69, 9.17) is 30.9 Å². The van der Waals surface area contributed by atoms with Gasteiger partial charge in [-0.05, 0) is 38.1 Å². The fraction of sp³-hybridized carbons (Fsp3) is 0.345. The van der Waals surface area contributed by atoms with Crippen molar-refractivity contribution < 1.29 is 28.5 Å². The molecular formula is C29H29ClFN5O5. The lowest BCUT2D eigenvalue weighted by atomic mass is 9.96. The summed E-state index contributed by atoms with van der Waals surface area (Å²) in [6, 6.07) is 7.80. The van der Waals surface area contributed by atoms with Crippen LogP contribution in [0, 0.1) is 5.82 Å². The van der Waals surface area contributed by atoms with E-state index in [2.05, 4.69) is 5.10 Å². The Morgan fingerprint density at radius 2 is 2.05 bits per heavy atom. The van der Waals surface area contributed by atoms with Crippen molar-refractivity contribution >= 4 is 17.5 Å². The molecule has 10 nitrogen and oxygen atoms in total. The Kier molecular flexibility index (Phi) is 6.96. The van der Waals surface area contributed by atoms with E-state index in [0.717, 1.165) is 11.1 Å². The van der Waals surface area contributed by atoms with Gasteiger partial charge in [0.05, 0.1) is 56.6 Å². The molecule has 2 aliphatic rings. The maximum atomic E-state index is 14.6. The molecule has 1 N–H and O–H groups in total. The number of ether oxygens (including phenoxy) is 3. The number of benzene rings is 2. The van der Waals surface area contributed by atoms with Crippen molar-refractivity contribution in [1.82, 2.24) is 24.5 Å². The quantitative estimate of drug-likeness (QED) is 0.361. The third-order valence-electron chi connectivity index (χ3n) is 7.37. The van der Waals surface area contributed by atoms with Gasteiger partial charge in [-0.25, -0.2) is 9.07 Å². The third-order valence-corrected chi connectivity index (χ3v) is 7.59. The Morgan fingerprint density at radius 1 is 1.22 bits per heavy atom. The molecule has 0 radical (unpaired) electrons. The van der Waals surface area contributed by atoms with Crippen molar-refractivity contribution in [2.45, 2.75) is 32.5 Å². The second-order valence-corrected chi connectivity index (χ2v) is 11.0. The molecule has 214 valence electrons. The molecule has 1 amide bonds. The number of nitrogens with zero attached hydrogens (tertiary/aromatic N) is 5. The van der Waals surface area contributed by atoms with E-state index < -0.39 is 11.4 Å². The first-order valence-electron chi connectivity index (χ1n) is 13.2. The summed E-state index contributed by atoms with van der Waals surface area (Å²) < 4.78 is 35.2. The maximum Gasteiger partial charge on any atom is 0.275 e. The predicted molar refractivity (Wildman–Crippen MR) is 149 cm³/mol. The molecule has 0 unspecified atom stereocenters. The van der Waals surface area contributed by atoms with E-state index in [9.17, 15) is 14.3 Å². The first-order chi connectivity index (χ1) is 19.7. The summed E-state index contributed by atoms with van der Waals surface area (Å²) >= 11 is 6.25. The maximum absolute atomic E-state index is 14.6. The van der Waals surface area contributed by atoms with Crippen LogP contribution in [0.3, 0.4) is 0 Å². The molecule has 2 aromatic carbocycles. The highest BCUT2D eigenvalue weighted by Gasteiger charge is 2.39. The van der Waals surface area contributed by atoms with Crippen molar-refractivity contribution in [3.8, 4) is 39.6 Å².